The zero-order valence-corrected chi connectivity index (χ0v) is 20.1. The molecule has 0 amide bonds. The molecule has 0 saturated heterocycles. The molecule has 1 N–H and O–H groups in total. The van der Waals surface area contributed by atoms with E-state index in [1.54, 1.807) is 39.3 Å². The molecule has 0 spiro atoms. The molecule has 0 aliphatic carbocycles. The minimum atomic E-state index is -1.48. The van der Waals surface area contributed by atoms with E-state index in [0.29, 0.717) is 45.5 Å². The molecular formula is C27H28O7. The quantitative estimate of drug-likeness (QED) is 0.374. The van der Waals surface area contributed by atoms with Crippen LogP contribution in [0.25, 0.3) is 22.3 Å². The number of methoxy groups -OCH3 is 5. The highest BCUT2D eigenvalue weighted by Crippen LogP contribution is 2.47. The molecule has 3 aromatic carbocycles. The van der Waals surface area contributed by atoms with Crippen molar-refractivity contribution in [3.05, 3.63) is 65.7 Å². The summed E-state index contributed by atoms with van der Waals surface area (Å²) in [6.07, 6.45) is 0. The summed E-state index contributed by atoms with van der Waals surface area (Å²) in [5, 5.41) is 12.8. The number of hydrogen-bond donors (Lipinski definition) is 1. The first-order valence-electron chi connectivity index (χ1n) is 10.7. The van der Waals surface area contributed by atoms with Gasteiger partial charge in [-0.1, -0.05) is 0 Å². The Morgan fingerprint density at radius 2 is 1.29 bits per heavy atom. The van der Waals surface area contributed by atoms with Crippen molar-refractivity contribution in [2.24, 2.45) is 0 Å². The highest BCUT2D eigenvalue weighted by atomic mass is 16.5. The van der Waals surface area contributed by atoms with Gasteiger partial charge in [-0.05, 0) is 61.0 Å². The Labute approximate surface area is 198 Å². The van der Waals surface area contributed by atoms with Crippen LogP contribution in [0.4, 0.5) is 0 Å². The molecule has 1 aromatic heterocycles. The summed E-state index contributed by atoms with van der Waals surface area (Å²) >= 11 is 0. The molecule has 0 bridgehead atoms. The Morgan fingerprint density at radius 3 is 1.82 bits per heavy atom. The lowest BCUT2D eigenvalue weighted by Gasteiger charge is -2.26. The Balaban J connectivity index is 2.00. The molecule has 1 atom stereocenters. The first-order chi connectivity index (χ1) is 16.4. The fourth-order valence-corrected chi connectivity index (χ4v) is 4.14. The van der Waals surface area contributed by atoms with Gasteiger partial charge in [0.2, 0.25) is 5.75 Å². The molecule has 4 aromatic rings. The van der Waals surface area contributed by atoms with Crippen LogP contribution in [0.1, 0.15) is 18.1 Å². The van der Waals surface area contributed by atoms with Crippen molar-refractivity contribution < 1.29 is 33.2 Å². The Bertz CT molecular complexity index is 1280. The van der Waals surface area contributed by atoms with Crippen molar-refractivity contribution >= 4 is 11.0 Å². The molecule has 0 saturated carbocycles. The molecule has 34 heavy (non-hydrogen) atoms. The monoisotopic (exact) mass is 464 g/mol. The maximum atomic E-state index is 12.0. The summed E-state index contributed by atoms with van der Waals surface area (Å²) in [7, 11) is 7.83. The minimum absolute atomic E-state index is 0.442. The third kappa shape index (κ3) is 3.88. The van der Waals surface area contributed by atoms with Crippen molar-refractivity contribution in [2.45, 2.75) is 12.5 Å². The fraction of sp³-hybridized carbons (Fsp3) is 0.259. The molecule has 0 aliphatic heterocycles. The van der Waals surface area contributed by atoms with Crippen LogP contribution in [0.2, 0.25) is 0 Å². The number of fused-ring (bicyclic) bond motifs is 1. The molecule has 0 radical (unpaired) electrons. The van der Waals surface area contributed by atoms with Crippen molar-refractivity contribution in [2.75, 3.05) is 35.5 Å². The summed E-state index contributed by atoms with van der Waals surface area (Å²) in [6.45, 7) is 1.72. The van der Waals surface area contributed by atoms with Crippen LogP contribution in [-0.2, 0) is 5.60 Å². The van der Waals surface area contributed by atoms with Crippen LogP contribution in [0.3, 0.4) is 0 Å². The van der Waals surface area contributed by atoms with E-state index in [0.717, 1.165) is 16.7 Å². The van der Waals surface area contributed by atoms with Crippen LogP contribution in [0, 0.1) is 0 Å². The molecule has 7 nitrogen and oxygen atoms in total. The number of furan rings is 1. The first kappa shape index (κ1) is 23.3. The third-order valence-electron chi connectivity index (χ3n) is 5.96. The van der Waals surface area contributed by atoms with E-state index in [2.05, 4.69) is 0 Å². The lowest BCUT2D eigenvalue weighted by Crippen LogP contribution is -2.23. The zero-order valence-electron chi connectivity index (χ0n) is 20.1. The average molecular weight is 465 g/mol. The summed E-state index contributed by atoms with van der Waals surface area (Å²) in [5.74, 6) is 3.24. The Kier molecular flexibility index (Phi) is 6.30. The molecule has 178 valence electrons. The topological polar surface area (TPSA) is 79.5 Å². The fourth-order valence-electron chi connectivity index (χ4n) is 4.14. The average Bonchev–Trinajstić information content (AvgIpc) is 3.27. The summed E-state index contributed by atoms with van der Waals surface area (Å²) in [4.78, 5) is 0. The molecule has 7 heteroatoms. The Hall–Kier alpha value is -3.84. The van der Waals surface area contributed by atoms with Crippen molar-refractivity contribution in [3.8, 4) is 40.1 Å². The third-order valence-corrected chi connectivity index (χ3v) is 5.96. The van der Waals surface area contributed by atoms with E-state index >= 15 is 0 Å². The number of rotatable bonds is 8. The molecule has 0 aliphatic rings. The van der Waals surface area contributed by atoms with E-state index in [4.69, 9.17) is 28.1 Å². The van der Waals surface area contributed by atoms with Crippen LogP contribution in [-0.4, -0.2) is 40.7 Å². The predicted molar refractivity (Wildman–Crippen MR) is 130 cm³/mol. The smallest absolute Gasteiger partial charge is 0.203 e. The number of ether oxygens (including phenoxy) is 5. The van der Waals surface area contributed by atoms with Gasteiger partial charge in [0, 0.05) is 22.6 Å². The highest BCUT2D eigenvalue weighted by Gasteiger charge is 2.35. The lowest BCUT2D eigenvalue weighted by atomic mass is 9.84. The van der Waals surface area contributed by atoms with Gasteiger partial charge in [-0.25, -0.2) is 0 Å². The van der Waals surface area contributed by atoms with Gasteiger partial charge in [0.05, 0.1) is 35.5 Å². The maximum Gasteiger partial charge on any atom is 0.203 e. The van der Waals surface area contributed by atoms with Gasteiger partial charge in [0.25, 0.3) is 0 Å². The SMILES string of the molecule is COc1ccc(-c2oc3cc(OC)ccc3c2C(C)(O)c2cc(OC)c(OC)c(OC)c2)cc1. The van der Waals surface area contributed by atoms with Gasteiger partial charge < -0.3 is 33.2 Å². The summed E-state index contributed by atoms with van der Waals surface area (Å²) in [6, 6.07) is 16.5. The number of hydrogen-bond acceptors (Lipinski definition) is 7. The molecule has 4 rings (SSSR count). The maximum absolute atomic E-state index is 12.0. The second kappa shape index (κ2) is 9.19. The van der Waals surface area contributed by atoms with Gasteiger partial charge in [0.1, 0.15) is 28.4 Å². The Morgan fingerprint density at radius 1 is 0.706 bits per heavy atom. The van der Waals surface area contributed by atoms with Crippen LogP contribution >= 0.6 is 0 Å². The van der Waals surface area contributed by atoms with E-state index in [-0.39, 0.29) is 0 Å². The van der Waals surface area contributed by atoms with Gasteiger partial charge >= 0.3 is 0 Å². The minimum Gasteiger partial charge on any atom is -0.497 e. The van der Waals surface area contributed by atoms with E-state index in [1.807, 2.05) is 36.4 Å². The molecule has 0 fully saturated rings. The highest BCUT2D eigenvalue weighted by molar-refractivity contribution is 5.90. The van der Waals surface area contributed by atoms with E-state index in [9.17, 15) is 5.11 Å². The van der Waals surface area contributed by atoms with Crippen molar-refractivity contribution in [1.29, 1.82) is 0 Å². The number of aliphatic hydroxyl groups is 1. The molecule has 1 heterocycles. The van der Waals surface area contributed by atoms with Crippen LogP contribution in [0.5, 0.6) is 28.7 Å². The van der Waals surface area contributed by atoms with Crippen molar-refractivity contribution in [3.63, 3.8) is 0 Å². The first-order valence-corrected chi connectivity index (χ1v) is 10.7. The summed E-state index contributed by atoms with van der Waals surface area (Å²) in [5.41, 5.74) is 1.05. The molecule has 1 unspecified atom stereocenters. The normalized spacial score (nSPS) is 12.8. The standard InChI is InChI=1S/C27H28O7/c1-27(28,17-13-22(31-4)26(33-6)23(14-17)32-5)24-20-12-11-19(30-3)15-21(20)34-25(24)16-7-9-18(29-2)10-8-16/h7-15,28H,1-6H3. The van der Waals surface area contributed by atoms with Gasteiger partial charge in [-0.2, -0.15) is 0 Å². The second-order valence-corrected chi connectivity index (χ2v) is 7.88. The van der Waals surface area contributed by atoms with Gasteiger partial charge in [0.15, 0.2) is 11.5 Å². The van der Waals surface area contributed by atoms with Crippen LogP contribution in [0.15, 0.2) is 59.0 Å². The lowest BCUT2D eigenvalue weighted by molar-refractivity contribution is 0.103. The zero-order chi connectivity index (χ0) is 24.5. The van der Waals surface area contributed by atoms with Crippen LogP contribution < -0.4 is 23.7 Å². The predicted octanol–water partition coefficient (Wildman–Crippen LogP) is 5.40. The largest absolute Gasteiger partial charge is 0.497 e. The molecular weight excluding hydrogens is 436 g/mol. The number of benzene rings is 3. The second-order valence-electron chi connectivity index (χ2n) is 7.88. The van der Waals surface area contributed by atoms with Crippen molar-refractivity contribution in [1.82, 2.24) is 0 Å². The van der Waals surface area contributed by atoms with E-state index in [1.165, 1.54) is 21.3 Å². The summed E-state index contributed by atoms with van der Waals surface area (Å²) < 4.78 is 33.5. The van der Waals surface area contributed by atoms with Gasteiger partial charge in [-0.3, -0.25) is 0 Å². The van der Waals surface area contributed by atoms with E-state index < -0.39 is 5.60 Å². The van der Waals surface area contributed by atoms with Gasteiger partial charge in [-0.15, -0.1) is 0 Å².